The van der Waals surface area contributed by atoms with Crippen LogP contribution in [0, 0.1) is 11.3 Å². The summed E-state index contributed by atoms with van der Waals surface area (Å²) in [6.45, 7) is 10.1. The number of hydrogen-bond acceptors (Lipinski definition) is 3. The average Bonchev–Trinajstić information content (AvgIpc) is 2.32. The van der Waals surface area contributed by atoms with Crippen LogP contribution in [0.1, 0.15) is 59.8 Å². The van der Waals surface area contributed by atoms with Crippen molar-refractivity contribution in [2.75, 3.05) is 13.7 Å². The Morgan fingerprint density at radius 2 is 1.95 bits per heavy atom. The molecule has 2 saturated carbocycles. The Morgan fingerprint density at radius 1 is 1.20 bits per heavy atom. The number of hydrogen-bond donors (Lipinski definition) is 1. The largest absolute Gasteiger partial charge is 0.374 e. The molecule has 0 aliphatic heterocycles. The van der Waals surface area contributed by atoms with E-state index in [9.17, 15) is 0 Å². The van der Waals surface area contributed by atoms with Gasteiger partial charge in [-0.1, -0.05) is 27.7 Å². The van der Waals surface area contributed by atoms with Gasteiger partial charge in [0.2, 0.25) is 0 Å². The number of rotatable bonds is 6. The Hall–Kier alpha value is -0.120. The summed E-state index contributed by atoms with van der Waals surface area (Å²) in [5.41, 5.74) is 0.425. The third-order valence-electron chi connectivity index (χ3n) is 4.85. The second kappa shape index (κ2) is 6.76. The first-order chi connectivity index (χ1) is 9.45. The monoisotopic (exact) mass is 283 g/mol. The standard InChI is InChI=1S/C17H33NO2/c1-6-7-19-16-14(18-5)9-15(16)20-13-8-12(2)10-17(3,4)11-13/h12-16,18H,6-11H2,1-5H3. The quantitative estimate of drug-likeness (QED) is 0.810. The van der Waals surface area contributed by atoms with Crippen LogP contribution in [-0.2, 0) is 9.47 Å². The van der Waals surface area contributed by atoms with Crippen molar-refractivity contribution in [3.63, 3.8) is 0 Å². The second-order valence-corrected chi connectivity index (χ2v) is 7.68. The lowest BCUT2D eigenvalue weighted by Gasteiger charge is -2.47. The number of ether oxygens (including phenoxy) is 2. The van der Waals surface area contributed by atoms with Gasteiger partial charge >= 0.3 is 0 Å². The van der Waals surface area contributed by atoms with E-state index in [1.165, 1.54) is 19.3 Å². The molecule has 0 radical (unpaired) electrons. The summed E-state index contributed by atoms with van der Waals surface area (Å²) in [4.78, 5) is 0. The Bertz CT molecular complexity index is 305. The molecule has 0 amide bonds. The van der Waals surface area contributed by atoms with Crippen LogP contribution < -0.4 is 5.32 Å². The van der Waals surface area contributed by atoms with E-state index < -0.39 is 0 Å². The molecule has 5 atom stereocenters. The first-order valence-electron chi connectivity index (χ1n) is 8.39. The van der Waals surface area contributed by atoms with Gasteiger partial charge in [-0.05, 0) is 50.5 Å². The van der Waals surface area contributed by atoms with Gasteiger partial charge in [0.15, 0.2) is 0 Å². The lowest BCUT2D eigenvalue weighted by Crippen LogP contribution is -2.60. The molecule has 0 saturated heterocycles. The van der Waals surface area contributed by atoms with E-state index in [0.717, 1.165) is 25.4 Å². The van der Waals surface area contributed by atoms with Gasteiger partial charge in [0.1, 0.15) is 0 Å². The van der Waals surface area contributed by atoms with E-state index in [2.05, 4.69) is 33.0 Å². The fraction of sp³-hybridized carbons (Fsp3) is 1.00. The minimum absolute atomic E-state index is 0.250. The van der Waals surface area contributed by atoms with E-state index in [0.29, 0.717) is 23.7 Å². The Labute approximate surface area is 124 Å². The molecule has 1 N–H and O–H groups in total. The molecule has 0 aromatic heterocycles. The normalized spacial score (nSPS) is 40.4. The summed E-state index contributed by atoms with van der Waals surface area (Å²) in [6, 6.07) is 0.473. The SMILES string of the molecule is CCCOC1C(NC)CC1OC1CC(C)CC(C)(C)C1. The van der Waals surface area contributed by atoms with E-state index in [-0.39, 0.29) is 6.10 Å². The van der Waals surface area contributed by atoms with Gasteiger partial charge in [-0.25, -0.2) is 0 Å². The first-order valence-corrected chi connectivity index (χ1v) is 8.39. The van der Waals surface area contributed by atoms with Crippen LogP contribution in [0.25, 0.3) is 0 Å². The van der Waals surface area contributed by atoms with Crippen molar-refractivity contribution in [2.24, 2.45) is 11.3 Å². The maximum absolute atomic E-state index is 6.41. The van der Waals surface area contributed by atoms with Crippen molar-refractivity contribution in [3.8, 4) is 0 Å². The van der Waals surface area contributed by atoms with Crippen LogP contribution in [0.15, 0.2) is 0 Å². The van der Waals surface area contributed by atoms with Crippen molar-refractivity contribution in [3.05, 3.63) is 0 Å². The molecule has 2 fully saturated rings. The van der Waals surface area contributed by atoms with Crippen molar-refractivity contribution in [1.82, 2.24) is 5.32 Å². The summed E-state index contributed by atoms with van der Waals surface area (Å²) in [6.07, 6.45) is 6.87. The van der Waals surface area contributed by atoms with Crippen LogP contribution in [-0.4, -0.2) is 38.0 Å². The summed E-state index contributed by atoms with van der Waals surface area (Å²) >= 11 is 0. The predicted molar refractivity (Wildman–Crippen MR) is 83.0 cm³/mol. The molecule has 3 nitrogen and oxygen atoms in total. The molecule has 0 aromatic rings. The van der Waals surface area contributed by atoms with Crippen LogP contribution in [0.3, 0.4) is 0 Å². The molecule has 118 valence electrons. The van der Waals surface area contributed by atoms with Crippen LogP contribution in [0.5, 0.6) is 0 Å². The van der Waals surface area contributed by atoms with Crippen LogP contribution >= 0.6 is 0 Å². The summed E-state index contributed by atoms with van der Waals surface area (Å²) in [5.74, 6) is 0.777. The molecule has 2 aliphatic rings. The van der Waals surface area contributed by atoms with Gasteiger partial charge in [-0.15, -0.1) is 0 Å². The molecule has 0 spiro atoms. The van der Waals surface area contributed by atoms with Crippen LogP contribution in [0.4, 0.5) is 0 Å². The lowest BCUT2D eigenvalue weighted by atomic mass is 9.71. The van der Waals surface area contributed by atoms with E-state index in [1.807, 2.05) is 7.05 Å². The number of likely N-dealkylation sites (N-methyl/N-ethyl adjacent to an activating group) is 1. The van der Waals surface area contributed by atoms with Crippen molar-refractivity contribution in [2.45, 2.75) is 84.2 Å². The molecule has 0 heterocycles. The first kappa shape index (κ1) is 16.3. The molecule has 0 bridgehead atoms. The van der Waals surface area contributed by atoms with Gasteiger partial charge in [-0.2, -0.15) is 0 Å². The van der Waals surface area contributed by atoms with Gasteiger partial charge < -0.3 is 14.8 Å². The Kier molecular flexibility index (Phi) is 5.49. The zero-order valence-corrected chi connectivity index (χ0v) is 13.9. The van der Waals surface area contributed by atoms with Gasteiger partial charge in [-0.3, -0.25) is 0 Å². The maximum Gasteiger partial charge on any atom is 0.0990 e. The van der Waals surface area contributed by atoms with E-state index in [1.54, 1.807) is 0 Å². The third kappa shape index (κ3) is 3.96. The minimum Gasteiger partial charge on any atom is -0.374 e. The van der Waals surface area contributed by atoms with Crippen molar-refractivity contribution >= 4 is 0 Å². The third-order valence-corrected chi connectivity index (χ3v) is 4.85. The fourth-order valence-electron chi connectivity index (χ4n) is 4.08. The highest BCUT2D eigenvalue weighted by molar-refractivity contribution is 4.98. The molecule has 0 aromatic carbocycles. The molecule has 2 rings (SSSR count). The fourth-order valence-corrected chi connectivity index (χ4v) is 4.08. The van der Waals surface area contributed by atoms with E-state index >= 15 is 0 Å². The molecule has 5 unspecified atom stereocenters. The summed E-state index contributed by atoms with van der Waals surface area (Å²) in [5, 5.41) is 3.35. The maximum atomic E-state index is 6.41. The summed E-state index contributed by atoms with van der Waals surface area (Å²) < 4.78 is 12.4. The highest BCUT2D eigenvalue weighted by Gasteiger charge is 2.44. The highest BCUT2D eigenvalue weighted by Crippen LogP contribution is 2.41. The summed E-state index contributed by atoms with van der Waals surface area (Å²) in [7, 11) is 2.02. The zero-order chi connectivity index (χ0) is 14.8. The van der Waals surface area contributed by atoms with Crippen molar-refractivity contribution in [1.29, 1.82) is 0 Å². The molecule has 20 heavy (non-hydrogen) atoms. The number of nitrogens with one attached hydrogen (secondary N) is 1. The topological polar surface area (TPSA) is 30.5 Å². The average molecular weight is 283 g/mol. The van der Waals surface area contributed by atoms with E-state index in [4.69, 9.17) is 9.47 Å². The molecule has 3 heteroatoms. The predicted octanol–water partition coefficient (Wildman–Crippen LogP) is 3.37. The second-order valence-electron chi connectivity index (χ2n) is 7.68. The smallest absolute Gasteiger partial charge is 0.0990 e. The van der Waals surface area contributed by atoms with Gasteiger partial charge in [0.25, 0.3) is 0 Å². The van der Waals surface area contributed by atoms with Crippen molar-refractivity contribution < 1.29 is 9.47 Å². The van der Waals surface area contributed by atoms with Gasteiger partial charge in [0, 0.05) is 12.6 Å². The lowest BCUT2D eigenvalue weighted by molar-refractivity contribution is -0.180. The van der Waals surface area contributed by atoms with Crippen LogP contribution in [0.2, 0.25) is 0 Å². The highest BCUT2D eigenvalue weighted by atomic mass is 16.6. The molecule has 2 aliphatic carbocycles. The molecular formula is C17H33NO2. The Balaban J connectivity index is 1.86. The Morgan fingerprint density at radius 3 is 2.55 bits per heavy atom. The van der Waals surface area contributed by atoms with Gasteiger partial charge in [0.05, 0.1) is 18.3 Å². The molecular weight excluding hydrogens is 250 g/mol. The zero-order valence-electron chi connectivity index (χ0n) is 13.9. The minimum atomic E-state index is 0.250.